The van der Waals surface area contributed by atoms with Gasteiger partial charge in [0.15, 0.2) is 0 Å². The normalized spacial score (nSPS) is 10.6. The number of hydrogen-bond donors (Lipinski definition) is 1. The summed E-state index contributed by atoms with van der Waals surface area (Å²) < 4.78 is 15.2. The molecule has 2 rings (SSSR count). The molecule has 0 saturated carbocycles. The molecule has 0 bridgehead atoms. The number of nitrogens with one attached hydrogen (secondary N) is 1. The van der Waals surface area contributed by atoms with Crippen molar-refractivity contribution in [1.29, 1.82) is 0 Å². The molecule has 1 aromatic carbocycles. The molecule has 2 aromatic rings. The molecule has 16 heavy (non-hydrogen) atoms. The molecule has 0 unspecified atom stereocenters. The lowest BCUT2D eigenvalue weighted by Crippen LogP contribution is -2.12. The standard InChI is InChI=1S/C12H14FN3/c1-2-14-8-10-5-11(13)7-12(6-10)16-4-3-15-9-16/h3-7,9,14H,2,8H2,1H3. The molecule has 0 radical (unpaired) electrons. The van der Waals surface area contributed by atoms with E-state index in [1.54, 1.807) is 29.4 Å². The van der Waals surface area contributed by atoms with E-state index >= 15 is 0 Å². The molecule has 0 amide bonds. The maximum absolute atomic E-state index is 13.4. The first-order valence-corrected chi connectivity index (χ1v) is 5.28. The molecule has 0 aliphatic rings. The summed E-state index contributed by atoms with van der Waals surface area (Å²) in [7, 11) is 0. The summed E-state index contributed by atoms with van der Waals surface area (Å²) >= 11 is 0. The van der Waals surface area contributed by atoms with Crippen LogP contribution in [0.5, 0.6) is 0 Å². The zero-order valence-corrected chi connectivity index (χ0v) is 9.15. The fourth-order valence-electron chi connectivity index (χ4n) is 1.57. The molecule has 0 spiro atoms. The van der Waals surface area contributed by atoms with Crippen LogP contribution in [0.25, 0.3) is 5.69 Å². The van der Waals surface area contributed by atoms with E-state index in [4.69, 9.17) is 0 Å². The largest absolute Gasteiger partial charge is 0.313 e. The van der Waals surface area contributed by atoms with E-state index in [0.717, 1.165) is 17.8 Å². The minimum absolute atomic E-state index is 0.223. The second kappa shape index (κ2) is 4.90. The van der Waals surface area contributed by atoms with Crippen molar-refractivity contribution in [1.82, 2.24) is 14.9 Å². The lowest BCUT2D eigenvalue weighted by atomic mass is 10.2. The SMILES string of the molecule is CCNCc1cc(F)cc(-n2ccnc2)c1. The first-order chi connectivity index (χ1) is 7.79. The van der Waals surface area contributed by atoms with Crippen LogP contribution in [0.4, 0.5) is 4.39 Å². The first kappa shape index (κ1) is 10.8. The summed E-state index contributed by atoms with van der Waals surface area (Å²) in [5.74, 6) is -0.223. The summed E-state index contributed by atoms with van der Waals surface area (Å²) in [6.07, 6.45) is 5.13. The molecule has 4 heteroatoms. The van der Waals surface area contributed by atoms with Gasteiger partial charge in [-0.1, -0.05) is 6.92 Å². The highest BCUT2D eigenvalue weighted by Crippen LogP contribution is 2.13. The van der Waals surface area contributed by atoms with Gasteiger partial charge in [0.2, 0.25) is 0 Å². The fourth-order valence-corrected chi connectivity index (χ4v) is 1.57. The highest BCUT2D eigenvalue weighted by molar-refractivity contribution is 5.36. The van der Waals surface area contributed by atoms with Crippen molar-refractivity contribution in [2.75, 3.05) is 6.54 Å². The van der Waals surface area contributed by atoms with Gasteiger partial charge in [0.05, 0.1) is 6.33 Å². The van der Waals surface area contributed by atoms with Crippen molar-refractivity contribution in [3.63, 3.8) is 0 Å². The quantitative estimate of drug-likeness (QED) is 0.853. The van der Waals surface area contributed by atoms with Crippen LogP contribution in [-0.4, -0.2) is 16.1 Å². The van der Waals surface area contributed by atoms with Gasteiger partial charge in [-0.2, -0.15) is 0 Å². The van der Waals surface area contributed by atoms with Gasteiger partial charge in [-0.3, -0.25) is 0 Å². The van der Waals surface area contributed by atoms with Crippen LogP contribution in [-0.2, 0) is 6.54 Å². The molecule has 1 aromatic heterocycles. The number of benzene rings is 1. The van der Waals surface area contributed by atoms with Gasteiger partial charge >= 0.3 is 0 Å². The Hall–Kier alpha value is -1.68. The molecule has 0 aliphatic carbocycles. The summed E-state index contributed by atoms with van der Waals surface area (Å²) in [5, 5.41) is 3.17. The van der Waals surface area contributed by atoms with Crippen LogP contribution in [0.2, 0.25) is 0 Å². The molecule has 1 heterocycles. The van der Waals surface area contributed by atoms with E-state index < -0.39 is 0 Å². The third kappa shape index (κ3) is 2.46. The summed E-state index contributed by atoms with van der Waals surface area (Å²) in [6.45, 7) is 3.57. The van der Waals surface area contributed by atoms with Crippen LogP contribution in [0, 0.1) is 5.82 Å². The van der Waals surface area contributed by atoms with Crippen molar-refractivity contribution in [2.24, 2.45) is 0 Å². The van der Waals surface area contributed by atoms with E-state index in [0.29, 0.717) is 6.54 Å². The molecule has 3 nitrogen and oxygen atoms in total. The highest BCUT2D eigenvalue weighted by atomic mass is 19.1. The molecular formula is C12H14FN3. The Morgan fingerprint density at radius 1 is 1.38 bits per heavy atom. The molecule has 0 saturated heterocycles. The number of imidazole rings is 1. The van der Waals surface area contributed by atoms with Gasteiger partial charge in [-0.15, -0.1) is 0 Å². The average Bonchev–Trinajstić information content (AvgIpc) is 2.79. The number of nitrogens with zero attached hydrogens (tertiary/aromatic N) is 2. The van der Waals surface area contributed by atoms with Crippen molar-refractivity contribution in [3.8, 4) is 5.69 Å². The monoisotopic (exact) mass is 219 g/mol. The number of hydrogen-bond acceptors (Lipinski definition) is 2. The first-order valence-electron chi connectivity index (χ1n) is 5.28. The van der Waals surface area contributed by atoms with Crippen LogP contribution in [0.15, 0.2) is 36.9 Å². The Bertz CT molecular complexity index is 451. The second-order valence-electron chi connectivity index (χ2n) is 3.57. The van der Waals surface area contributed by atoms with Crippen molar-refractivity contribution in [2.45, 2.75) is 13.5 Å². The van der Waals surface area contributed by atoms with Crippen LogP contribution >= 0.6 is 0 Å². The van der Waals surface area contributed by atoms with Gasteiger partial charge < -0.3 is 9.88 Å². The summed E-state index contributed by atoms with van der Waals surface area (Å²) in [5.41, 5.74) is 1.73. The highest BCUT2D eigenvalue weighted by Gasteiger charge is 2.02. The van der Waals surface area contributed by atoms with E-state index in [1.165, 1.54) is 6.07 Å². The topological polar surface area (TPSA) is 29.9 Å². The van der Waals surface area contributed by atoms with Crippen molar-refractivity contribution in [3.05, 3.63) is 48.3 Å². The zero-order chi connectivity index (χ0) is 11.4. The number of halogens is 1. The smallest absolute Gasteiger partial charge is 0.125 e. The third-order valence-corrected chi connectivity index (χ3v) is 2.32. The van der Waals surface area contributed by atoms with Gasteiger partial charge in [0.25, 0.3) is 0 Å². The average molecular weight is 219 g/mol. The molecular weight excluding hydrogens is 205 g/mol. The fraction of sp³-hybridized carbons (Fsp3) is 0.250. The van der Waals surface area contributed by atoms with Crippen LogP contribution < -0.4 is 5.32 Å². The minimum atomic E-state index is -0.223. The third-order valence-electron chi connectivity index (χ3n) is 2.32. The van der Waals surface area contributed by atoms with Gasteiger partial charge in [-0.25, -0.2) is 9.37 Å². The lowest BCUT2D eigenvalue weighted by molar-refractivity contribution is 0.620. The zero-order valence-electron chi connectivity index (χ0n) is 9.15. The van der Waals surface area contributed by atoms with E-state index in [1.807, 2.05) is 13.0 Å². The van der Waals surface area contributed by atoms with Crippen LogP contribution in [0.1, 0.15) is 12.5 Å². The predicted molar refractivity (Wildman–Crippen MR) is 60.9 cm³/mol. The second-order valence-corrected chi connectivity index (χ2v) is 3.57. The Morgan fingerprint density at radius 2 is 2.25 bits per heavy atom. The van der Waals surface area contributed by atoms with E-state index in [9.17, 15) is 4.39 Å². The Balaban J connectivity index is 2.29. The number of aromatic nitrogens is 2. The van der Waals surface area contributed by atoms with Gasteiger partial charge in [0.1, 0.15) is 5.82 Å². The van der Waals surface area contributed by atoms with Crippen LogP contribution in [0.3, 0.4) is 0 Å². The number of rotatable bonds is 4. The Morgan fingerprint density at radius 3 is 2.94 bits per heavy atom. The summed E-state index contributed by atoms with van der Waals surface area (Å²) in [6, 6.07) is 4.99. The molecule has 1 N–H and O–H groups in total. The van der Waals surface area contributed by atoms with E-state index in [-0.39, 0.29) is 5.82 Å². The summed E-state index contributed by atoms with van der Waals surface area (Å²) in [4.78, 5) is 3.94. The Labute approximate surface area is 93.9 Å². The lowest BCUT2D eigenvalue weighted by Gasteiger charge is -2.07. The van der Waals surface area contributed by atoms with Gasteiger partial charge in [0, 0.05) is 24.6 Å². The molecule has 0 atom stereocenters. The maximum atomic E-state index is 13.4. The molecule has 84 valence electrons. The van der Waals surface area contributed by atoms with Gasteiger partial charge in [-0.05, 0) is 30.3 Å². The maximum Gasteiger partial charge on any atom is 0.125 e. The molecule has 0 aliphatic heterocycles. The predicted octanol–water partition coefficient (Wildman–Crippen LogP) is 2.12. The van der Waals surface area contributed by atoms with Crippen molar-refractivity contribution >= 4 is 0 Å². The minimum Gasteiger partial charge on any atom is -0.313 e. The van der Waals surface area contributed by atoms with Crippen molar-refractivity contribution < 1.29 is 4.39 Å². The van der Waals surface area contributed by atoms with E-state index in [2.05, 4.69) is 10.3 Å². The molecule has 0 fully saturated rings. The Kier molecular flexibility index (Phi) is 3.31.